The minimum absolute atomic E-state index is 0.0236. The summed E-state index contributed by atoms with van der Waals surface area (Å²) >= 11 is 10.9. The zero-order valence-electron chi connectivity index (χ0n) is 39.3. The number of fused-ring (bicyclic) bond motifs is 3. The van der Waals surface area contributed by atoms with Crippen LogP contribution in [0.5, 0.6) is 0 Å². The molecule has 4 N–H and O–H groups in total. The molecule has 7 rings (SSSR count). The second-order valence-corrected chi connectivity index (χ2v) is 21.6. The fourth-order valence-electron chi connectivity index (χ4n) is 8.28. The Morgan fingerprint density at radius 1 is 0.956 bits per heavy atom. The van der Waals surface area contributed by atoms with Crippen LogP contribution in [0.25, 0.3) is 15.4 Å². The van der Waals surface area contributed by atoms with Gasteiger partial charge in [-0.05, 0) is 70.4 Å². The number of benzene rings is 2. The summed E-state index contributed by atoms with van der Waals surface area (Å²) in [6, 6.07) is 13.0. The number of aliphatic hydroxyl groups is 1. The van der Waals surface area contributed by atoms with Crippen LogP contribution in [0, 0.1) is 27.7 Å². The number of aromatic nitrogens is 4. The first-order valence-electron chi connectivity index (χ1n) is 22.5. The quantitative estimate of drug-likeness (QED) is 0.0660. The number of carbonyl (C=O) groups is 4. The lowest BCUT2D eigenvalue weighted by Gasteiger charge is -2.37. The minimum atomic E-state index is -0.976. The molecule has 5 heterocycles. The maximum Gasteiger partial charge on any atom is 0.247 e. The van der Waals surface area contributed by atoms with Gasteiger partial charge in [0.1, 0.15) is 29.0 Å². The van der Waals surface area contributed by atoms with E-state index in [2.05, 4.69) is 45.0 Å². The van der Waals surface area contributed by atoms with Crippen LogP contribution in [-0.4, -0.2) is 127 Å². The van der Waals surface area contributed by atoms with E-state index < -0.39 is 34.9 Å². The van der Waals surface area contributed by atoms with Crippen LogP contribution < -0.4 is 16.0 Å². The van der Waals surface area contributed by atoms with Gasteiger partial charge < -0.3 is 35.4 Å². The number of hydrogen-bond donors (Lipinski definition) is 4. The van der Waals surface area contributed by atoms with E-state index in [-0.39, 0.29) is 56.8 Å². The molecule has 2 aromatic carbocycles. The van der Waals surface area contributed by atoms with Crippen molar-refractivity contribution >= 4 is 75.4 Å². The molecule has 0 bridgehead atoms. The lowest BCUT2D eigenvalue weighted by molar-refractivity contribution is -0.142. The number of thioether (sulfide) groups is 1. The van der Waals surface area contributed by atoms with Crippen LogP contribution >= 0.6 is 46.0 Å². The van der Waals surface area contributed by atoms with Crippen LogP contribution in [0.2, 0.25) is 5.02 Å². The highest BCUT2D eigenvalue weighted by Gasteiger charge is 2.46. The van der Waals surface area contributed by atoms with Gasteiger partial charge in [-0.2, -0.15) is 11.8 Å². The van der Waals surface area contributed by atoms with Crippen molar-refractivity contribution in [3.05, 3.63) is 104 Å². The molecule has 0 unspecified atom stereocenters. The first-order chi connectivity index (χ1) is 32.5. The van der Waals surface area contributed by atoms with Crippen LogP contribution in [0.15, 0.2) is 59.0 Å². The smallest absolute Gasteiger partial charge is 0.247 e. The van der Waals surface area contributed by atoms with Gasteiger partial charge in [-0.15, -0.1) is 32.9 Å². The van der Waals surface area contributed by atoms with Crippen LogP contribution in [0.3, 0.4) is 0 Å². The van der Waals surface area contributed by atoms with Gasteiger partial charge in [-0.1, -0.05) is 48.0 Å². The predicted molar refractivity (Wildman–Crippen MR) is 267 cm³/mol. The van der Waals surface area contributed by atoms with Crippen molar-refractivity contribution in [2.75, 3.05) is 45.3 Å². The highest BCUT2D eigenvalue weighted by atomic mass is 35.5. The van der Waals surface area contributed by atoms with E-state index in [1.54, 1.807) is 22.7 Å². The average molecular weight is 1000 g/mol. The standard InChI is InChI=1S/C48H58ClN9O7S3/c1-27-29(3)68-47-40(27)41(33-12-14-35(49)15-13-33)54-37(44-56-55-30(4)58(44)47)23-39(61)50-16-17-64-18-19-65-20-21-67-48(6,7)43(53-31(5)59)46(63)57-25-36(60)22-38(57)45(62)51-24-32-8-10-34(11-9-32)42-28(2)52-26-66-42/h8-15,26,36-38,43,60H,16-25H2,1-7H3,(H,50,61)(H,51,62)(H,53,59)/t36-,37+,38+,43+/m1/s1. The molecular formula is C48H58ClN9O7S3. The SMILES string of the molecule is CC(=O)N[C@@H](C(=O)N1C[C@H](O)C[C@H]1C(=O)NCc1ccc(-c2scnc2C)cc1)C(C)(C)SCCOCCOCCNC(=O)C[C@@H]1N=C(c2ccc(Cl)cc2)c2c(sc(C)c2C)-n2c(C)nnc21. The summed E-state index contributed by atoms with van der Waals surface area (Å²) in [5, 5.41) is 29.8. The zero-order valence-corrected chi connectivity index (χ0v) is 42.5. The van der Waals surface area contributed by atoms with Gasteiger partial charge >= 0.3 is 0 Å². The predicted octanol–water partition coefficient (Wildman–Crippen LogP) is 6.07. The van der Waals surface area contributed by atoms with Crippen molar-refractivity contribution < 1.29 is 33.8 Å². The highest BCUT2D eigenvalue weighted by Crippen LogP contribution is 2.40. The van der Waals surface area contributed by atoms with Crippen LogP contribution in [0.4, 0.5) is 0 Å². The largest absolute Gasteiger partial charge is 0.391 e. The van der Waals surface area contributed by atoms with E-state index in [1.165, 1.54) is 23.6 Å². The van der Waals surface area contributed by atoms with Crippen molar-refractivity contribution in [1.29, 1.82) is 0 Å². The number of aliphatic hydroxyl groups excluding tert-OH is 1. The molecule has 1 fully saturated rings. The zero-order chi connectivity index (χ0) is 48.7. The normalized spacial score (nSPS) is 17.2. The number of ether oxygens (including phenoxy) is 2. The Balaban J connectivity index is 0.842. The Kier molecular flexibility index (Phi) is 16.9. The number of aryl methyl sites for hydroxylation is 3. The molecule has 0 spiro atoms. The number of carbonyl (C=O) groups excluding carboxylic acids is 4. The Hall–Kier alpha value is -5.02. The van der Waals surface area contributed by atoms with Gasteiger partial charge in [0.15, 0.2) is 5.82 Å². The van der Waals surface area contributed by atoms with Gasteiger partial charge in [-0.3, -0.25) is 28.7 Å². The summed E-state index contributed by atoms with van der Waals surface area (Å²) in [6.45, 7) is 14.9. The molecule has 5 aromatic rings. The summed E-state index contributed by atoms with van der Waals surface area (Å²) in [5.74, 6) is 0.426. The number of amides is 4. The Labute approximate surface area is 413 Å². The molecule has 0 radical (unpaired) electrons. The lowest BCUT2D eigenvalue weighted by Crippen LogP contribution is -2.59. The van der Waals surface area contributed by atoms with Gasteiger partial charge in [0, 0.05) is 64.5 Å². The summed E-state index contributed by atoms with van der Waals surface area (Å²) in [6.07, 6.45) is -0.729. The minimum Gasteiger partial charge on any atom is -0.391 e. The number of likely N-dealkylation sites (tertiary alicyclic amines) is 1. The maximum absolute atomic E-state index is 14.1. The van der Waals surface area contributed by atoms with Crippen molar-refractivity contribution in [3.63, 3.8) is 0 Å². The topological polar surface area (TPSA) is 202 Å². The third-order valence-electron chi connectivity index (χ3n) is 12.0. The third kappa shape index (κ3) is 12.0. The first kappa shape index (κ1) is 50.8. The monoisotopic (exact) mass is 1000 g/mol. The second-order valence-electron chi connectivity index (χ2n) is 17.3. The molecule has 1 saturated heterocycles. The fourth-order valence-corrected chi connectivity index (χ4v) is 11.5. The van der Waals surface area contributed by atoms with Gasteiger partial charge in [0.05, 0.1) is 60.7 Å². The van der Waals surface area contributed by atoms with Crippen LogP contribution in [-0.2, 0) is 35.2 Å². The molecule has 68 heavy (non-hydrogen) atoms. The number of β-amino-alcohol motifs (C(OH)–C–C–N with tert-alkyl or cyclic N) is 1. The highest BCUT2D eigenvalue weighted by molar-refractivity contribution is 8.00. The molecule has 2 aliphatic heterocycles. The Bertz CT molecular complexity index is 2630. The number of hydrogen-bond acceptors (Lipinski definition) is 14. The molecule has 4 atom stereocenters. The first-order valence-corrected chi connectivity index (χ1v) is 25.5. The summed E-state index contributed by atoms with van der Waals surface area (Å²) < 4.78 is 12.8. The summed E-state index contributed by atoms with van der Waals surface area (Å²) in [5.41, 5.74) is 8.49. The molecule has 16 nitrogen and oxygen atoms in total. The molecule has 2 aliphatic rings. The van der Waals surface area contributed by atoms with Gasteiger partial charge in [0.25, 0.3) is 0 Å². The van der Waals surface area contributed by atoms with E-state index >= 15 is 0 Å². The summed E-state index contributed by atoms with van der Waals surface area (Å²) in [4.78, 5) is 66.5. The van der Waals surface area contributed by atoms with E-state index in [1.807, 2.05) is 86.3 Å². The fraction of sp³-hybridized carbons (Fsp3) is 0.458. The lowest BCUT2D eigenvalue weighted by atomic mass is 9.99. The maximum atomic E-state index is 14.1. The van der Waals surface area contributed by atoms with Crippen molar-refractivity contribution in [2.24, 2.45) is 4.99 Å². The molecular weight excluding hydrogens is 946 g/mol. The second kappa shape index (κ2) is 22.6. The average Bonchev–Trinajstić information content (AvgIpc) is 4.07. The van der Waals surface area contributed by atoms with E-state index in [0.717, 1.165) is 59.8 Å². The van der Waals surface area contributed by atoms with Crippen molar-refractivity contribution in [1.82, 2.24) is 40.6 Å². The number of aliphatic imine (C=N–C) groups is 1. The number of thiazole rings is 1. The Morgan fingerprint density at radius 3 is 2.35 bits per heavy atom. The van der Waals surface area contributed by atoms with Gasteiger partial charge in [0.2, 0.25) is 23.6 Å². The number of nitrogens with zero attached hydrogens (tertiary/aromatic N) is 6. The molecule has 0 aliphatic carbocycles. The number of thiophene rings is 1. The molecule has 362 valence electrons. The van der Waals surface area contributed by atoms with E-state index in [4.69, 9.17) is 26.1 Å². The third-order valence-corrected chi connectivity index (χ3v) is 15.7. The summed E-state index contributed by atoms with van der Waals surface area (Å²) in [7, 11) is 0. The molecule has 3 aromatic heterocycles. The number of rotatable bonds is 20. The van der Waals surface area contributed by atoms with E-state index in [9.17, 15) is 24.3 Å². The van der Waals surface area contributed by atoms with Crippen molar-refractivity contribution in [2.45, 2.75) is 96.8 Å². The number of nitrogens with one attached hydrogen (secondary N) is 3. The molecule has 20 heteroatoms. The molecule has 0 saturated carbocycles. The Morgan fingerprint density at radius 2 is 1.66 bits per heavy atom. The number of halogens is 1. The van der Waals surface area contributed by atoms with Crippen molar-refractivity contribution in [3.8, 4) is 15.4 Å². The van der Waals surface area contributed by atoms with E-state index in [0.29, 0.717) is 36.4 Å². The van der Waals surface area contributed by atoms with Crippen LogP contribution in [0.1, 0.15) is 84.1 Å². The molecule has 4 amide bonds. The van der Waals surface area contributed by atoms with Gasteiger partial charge in [-0.25, -0.2) is 4.98 Å².